The van der Waals surface area contributed by atoms with Crippen LogP contribution in [0.3, 0.4) is 0 Å². The number of hydrogen-bond acceptors (Lipinski definition) is 4. The summed E-state index contributed by atoms with van der Waals surface area (Å²) in [5.74, 6) is 0.697. The molecule has 2 heterocycles. The fourth-order valence-corrected chi connectivity index (χ4v) is 2.37. The van der Waals surface area contributed by atoms with E-state index in [1.165, 1.54) is 12.8 Å². The van der Waals surface area contributed by atoms with Crippen molar-refractivity contribution in [3.05, 3.63) is 24.0 Å². The minimum Gasteiger partial charge on any atom is -0.397 e. The van der Waals surface area contributed by atoms with Crippen LogP contribution in [0.2, 0.25) is 0 Å². The number of nitrogen functional groups attached to an aromatic ring is 1. The molecule has 1 saturated heterocycles. The van der Waals surface area contributed by atoms with Crippen LogP contribution >= 0.6 is 0 Å². The van der Waals surface area contributed by atoms with E-state index in [0.29, 0.717) is 5.92 Å². The summed E-state index contributed by atoms with van der Waals surface area (Å²) in [6, 6.07) is 3.92. The van der Waals surface area contributed by atoms with Crippen molar-refractivity contribution in [1.82, 2.24) is 9.88 Å². The van der Waals surface area contributed by atoms with E-state index in [0.717, 1.165) is 44.1 Å². The normalized spacial score (nSPS) is 20.2. The van der Waals surface area contributed by atoms with E-state index in [-0.39, 0.29) is 0 Å². The van der Waals surface area contributed by atoms with Crippen molar-refractivity contribution in [3.8, 4) is 0 Å². The van der Waals surface area contributed by atoms with Crippen LogP contribution < -0.4 is 5.73 Å². The third kappa shape index (κ3) is 4.27. The summed E-state index contributed by atoms with van der Waals surface area (Å²) in [5, 5.41) is 0. The summed E-state index contributed by atoms with van der Waals surface area (Å²) in [5.41, 5.74) is 7.46. The molecule has 2 N–H and O–H groups in total. The second-order valence-corrected chi connectivity index (χ2v) is 5.18. The molecule has 0 aliphatic carbocycles. The Kier molecular flexibility index (Phi) is 4.96. The first kappa shape index (κ1) is 13.3. The minimum atomic E-state index is 0.697. The molecule has 18 heavy (non-hydrogen) atoms. The number of anilines is 1. The topological polar surface area (TPSA) is 51.4 Å². The monoisotopic (exact) mass is 249 g/mol. The summed E-state index contributed by atoms with van der Waals surface area (Å²) in [6.45, 7) is 4.02. The van der Waals surface area contributed by atoms with Gasteiger partial charge in [-0.2, -0.15) is 0 Å². The van der Waals surface area contributed by atoms with Crippen molar-refractivity contribution in [2.24, 2.45) is 5.92 Å². The van der Waals surface area contributed by atoms with Crippen LogP contribution in [0, 0.1) is 5.92 Å². The Morgan fingerprint density at radius 3 is 3.06 bits per heavy atom. The summed E-state index contributed by atoms with van der Waals surface area (Å²) >= 11 is 0. The van der Waals surface area contributed by atoms with Gasteiger partial charge in [-0.3, -0.25) is 4.98 Å². The number of likely N-dealkylation sites (N-methyl/N-ethyl adjacent to an activating group) is 1. The van der Waals surface area contributed by atoms with Gasteiger partial charge in [0.2, 0.25) is 0 Å². The maximum absolute atomic E-state index is 5.62. The largest absolute Gasteiger partial charge is 0.397 e. The lowest BCUT2D eigenvalue weighted by molar-refractivity contribution is 0.0422. The molecule has 100 valence electrons. The van der Waals surface area contributed by atoms with Gasteiger partial charge in [-0.25, -0.2) is 0 Å². The zero-order valence-corrected chi connectivity index (χ0v) is 11.1. The molecular weight excluding hydrogens is 226 g/mol. The van der Waals surface area contributed by atoms with Crippen molar-refractivity contribution in [3.63, 3.8) is 0 Å². The van der Waals surface area contributed by atoms with E-state index in [9.17, 15) is 0 Å². The fraction of sp³-hybridized carbons (Fsp3) is 0.643. The molecule has 0 aromatic carbocycles. The molecular formula is C14H23N3O. The highest BCUT2D eigenvalue weighted by atomic mass is 16.5. The maximum atomic E-state index is 5.62. The van der Waals surface area contributed by atoms with Gasteiger partial charge in [-0.15, -0.1) is 0 Å². The van der Waals surface area contributed by atoms with Crippen molar-refractivity contribution < 1.29 is 4.74 Å². The predicted octanol–water partition coefficient (Wildman–Crippen LogP) is 1.56. The van der Waals surface area contributed by atoms with E-state index >= 15 is 0 Å². The Balaban J connectivity index is 1.70. The van der Waals surface area contributed by atoms with Crippen LogP contribution in [-0.4, -0.2) is 43.2 Å². The van der Waals surface area contributed by atoms with E-state index < -0.39 is 0 Å². The number of rotatable bonds is 5. The van der Waals surface area contributed by atoms with Crippen LogP contribution in [0.15, 0.2) is 18.3 Å². The Hall–Kier alpha value is -1.13. The highest BCUT2D eigenvalue weighted by molar-refractivity contribution is 5.34. The first-order valence-electron chi connectivity index (χ1n) is 6.71. The average molecular weight is 249 g/mol. The molecule has 1 aromatic rings. The maximum Gasteiger partial charge on any atom is 0.0506 e. The molecule has 0 radical (unpaired) electrons. The number of hydrogen-bond donors (Lipinski definition) is 1. The minimum absolute atomic E-state index is 0.697. The summed E-state index contributed by atoms with van der Waals surface area (Å²) in [7, 11) is 2.17. The smallest absolute Gasteiger partial charge is 0.0506 e. The van der Waals surface area contributed by atoms with Crippen LogP contribution in [0.4, 0.5) is 5.69 Å². The highest BCUT2D eigenvalue weighted by Crippen LogP contribution is 2.14. The van der Waals surface area contributed by atoms with Gasteiger partial charge in [0.05, 0.1) is 18.5 Å². The molecule has 4 heteroatoms. The number of aromatic nitrogens is 1. The molecule has 2 rings (SSSR count). The van der Waals surface area contributed by atoms with Crippen LogP contribution in [0.25, 0.3) is 0 Å². The zero-order chi connectivity index (χ0) is 12.8. The second-order valence-electron chi connectivity index (χ2n) is 5.18. The first-order valence-corrected chi connectivity index (χ1v) is 6.71. The third-order valence-corrected chi connectivity index (χ3v) is 3.42. The predicted molar refractivity (Wildman–Crippen MR) is 73.4 cm³/mol. The second kappa shape index (κ2) is 6.71. The van der Waals surface area contributed by atoms with Crippen molar-refractivity contribution in [2.75, 3.05) is 39.1 Å². The van der Waals surface area contributed by atoms with Crippen molar-refractivity contribution in [1.29, 1.82) is 0 Å². The Labute approximate surface area is 109 Å². The SMILES string of the molecule is CN(CCc1ccc(N)cn1)CC1CCCOC1. The van der Waals surface area contributed by atoms with Crippen LogP contribution in [0.5, 0.6) is 0 Å². The molecule has 0 saturated carbocycles. The Bertz CT molecular complexity index is 347. The molecule has 1 fully saturated rings. The lowest BCUT2D eigenvalue weighted by atomic mass is 10.0. The van der Waals surface area contributed by atoms with E-state index in [4.69, 9.17) is 10.5 Å². The van der Waals surface area contributed by atoms with Gasteiger partial charge in [-0.1, -0.05) is 0 Å². The van der Waals surface area contributed by atoms with E-state index in [1.807, 2.05) is 12.1 Å². The van der Waals surface area contributed by atoms with Crippen LogP contribution in [-0.2, 0) is 11.2 Å². The molecule has 1 aliphatic rings. The zero-order valence-electron chi connectivity index (χ0n) is 11.1. The number of pyridine rings is 1. The molecule has 0 spiro atoms. The van der Waals surface area contributed by atoms with Gasteiger partial charge in [0, 0.05) is 31.8 Å². The lowest BCUT2D eigenvalue weighted by Crippen LogP contribution is -2.32. The standard InChI is InChI=1S/C14H23N3O/c1-17(10-12-3-2-8-18-11-12)7-6-14-5-4-13(15)9-16-14/h4-5,9,12H,2-3,6-8,10-11,15H2,1H3. The van der Waals surface area contributed by atoms with E-state index in [2.05, 4.69) is 16.9 Å². The van der Waals surface area contributed by atoms with Crippen molar-refractivity contribution in [2.45, 2.75) is 19.3 Å². The molecule has 1 aromatic heterocycles. The summed E-state index contributed by atoms with van der Waals surface area (Å²) in [4.78, 5) is 6.69. The summed E-state index contributed by atoms with van der Waals surface area (Å²) < 4.78 is 5.51. The lowest BCUT2D eigenvalue weighted by Gasteiger charge is -2.26. The third-order valence-electron chi connectivity index (χ3n) is 3.42. The quantitative estimate of drug-likeness (QED) is 0.860. The number of nitrogens with zero attached hydrogens (tertiary/aromatic N) is 2. The van der Waals surface area contributed by atoms with Gasteiger partial charge in [0.25, 0.3) is 0 Å². The first-order chi connectivity index (χ1) is 8.74. The van der Waals surface area contributed by atoms with Gasteiger partial charge < -0.3 is 15.4 Å². The molecule has 0 bridgehead atoms. The number of ether oxygens (including phenoxy) is 1. The average Bonchev–Trinajstić information content (AvgIpc) is 2.39. The molecule has 1 atom stereocenters. The molecule has 1 aliphatic heterocycles. The highest BCUT2D eigenvalue weighted by Gasteiger charge is 2.15. The Morgan fingerprint density at radius 1 is 1.50 bits per heavy atom. The molecule has 4 nitrogen and oxygen atoms in total. The summed E-state index contributed by atoms with van der Waals surface area (Å²) in [6.07, 6.45) is 5.21. The molecule has 1 unspecified atom stereocenters. The molecule has 0 amide bonds. The van der Waals surface area contributed by atoms with Crippen molar-refractivity contribution >= 4 is 5.69 Å². The Morgan fingerprint density at radius 2 is 2.39 bits per heavy atom. The number of nitrogens with two attached hydrogens (primary N) is 1. The van der Waals surface area contributed by atoms with Gasteiger partial charge in [0.15, 0.2) is 0 Å². The van der Waals surface area contributed by atoms with Gasteiger partial charge in [-0.05, 0) is 37.9 Å². The van der Waals surface area contributed by atoms with E-state index in [1.54, 1.807) is 6.20 Å². The fourth-order valence-electron chi connectivity index (χ4n) is 2.37. The van der Waals surface area contributed by atoms with Gasteiger partial charge in [0.1, 0.15) is 0 Å². The van der Waals surface area contributed by atoms with Gasteiger partial charge >= 0.3 is 0 Å². The van der Waals surface area contributed by atoms with Crippen LogP contribution in [0.1, 0.15) is 18.5 Å².